The van der Waals surface area contributed by atoms with Gasteiger partial charge in [-0.05, 0) is 36.8 Å². The van der Waals surface area contributed by atoms with Gasteiger partial charge in [0.15, 0.2) is 5.65 Å². The molecule has 0 fully saturated rings. The van der Waals surface area contributed by atoms with Gasteiger partial charge in [0.05, 0.1) is 15.9 Å². The predicted octanol–water partition coefficient (Wildman–Crippen LogP) is 1.55. The number of benzene rings is 1. The summed E-state index contributed by atoms with van der Waals surface area (Å²) in [7, 11) is -0.561. The molecule has 29 heavy (non-hydrogen) atoms. The molecule has 3 heterocycles. The normalized spacial score (nSPS) is 12.4. The van der Waals surface area contributed by atoms with Crippen LogP contribution in [0.15, 0.2) is 52.3 Å². The van der Waals surface area contributed by atoms with E-state index in [1.54, 1.807) is 36.5 Å². The fourth-order valence-electron chi connectivity index (χ4n) is 3.33. The molecule has 0 saturated heterocycles. The number of aryl methyl sites for hydroxylation is 1. The predicted molar refractivity (Wildman–Crippen MR) is 109 cm³/mol. The van der Waals surface area contributed by atoms with Gasteiger partial charge in [-0.1, -0.05) is 13.0 Å². The van der Waals surface area contributed by atoms with Crippen molar-refractivity contribution in [2.24, 2.45) is 0 Å². The van der Waals surface area contributed by atoms with Crippen molar-refractivity contribution in [1.82, 2.24) is 28.0 Å². The van der Waals surface area contributed by atoms with Crippen LogP contribution in [0.2, 0.25) is 0 Å². The van der Waals surface area contributed by atoms with Crippen molar-refractivity contribution in [3.8, 4) is 0 Å². The van der Waals surface area contributed by atoms with Crippen LogP contribution in [0.4, 0.5) is 0 Å². The standard InChI is InChI=1S/C19H22N6O3S/c1-4-10-23-16-9-8-14(29(27,28)22(2)3)12-15(16)20-18(23)13-25-19(26)24-11-6-5-7-17(24)21-25/h5-9,11-12H,4,10,13H2,1-3H3. The van der Waals surface area contributed by atoms with E-state index in [-0.39, 0.29) is 17.1 Å². The molecule has 0 radical (unpaired) electrons. The summed E-state index contributed by atoms with van der Waals surface area (Å²) in [6.45, 7) is 2.95. The Labute approximate surface area is 167 Å². The maximum absolute atomic E-state index is 12.6. The molecular weight excluding hydrogens is 392 g/mol. The second kappa shape index (κ2) is 7.12. The van der Waals surface area contributed by atoms with Crippen molar-refractivity contribution >= 4 is 26.7 Å². The van der Waals surface area contributed by atoms with Gasteiger partial charge < -0.3 is 4.57 Å². The second-order valence-electron chi connectivity index (χ2n) is 6.99. The average molecular weight is 414 g/mol. The molecule has 0 spiro atoms. The van der Waals surface area contributed by atoms with E-state index in [1.165, 1.54) is 27.5 Å². The van der Waals surface area contributed by atoms with Crippen LogP contribution >= 0.6 is 0 Å². The Kier molecular flexibility index (Phi) is 4.75. The number of aromatic nitrogens is 5. The summed E-state index contributed by atoms with van der Waals surface area (Å²) in [4.78, 5) is 17.4. The van der Waals surface area contributed by atoms with Crippen LogP contribution in [0, 0.1) is 0 Å². The van der Waals surface area contributed by atoms with Gasteiger partial charge in [-0.25, -0.2) is 27.2 Å². The molecule has 10 heteroatoms. The highest BCUT2D eigenvalue weighted by Crippen LogP contribution is 2.23. The van der Waals surface area contributed by atoms with E-state index < -0.39 is 10.0 Å². The largest absolute Gasteiger partial charge is 0.350 e. The molecule has 0 aliphatic rings. The molecule has 9 nitrogen and oxygen atoms in total. The first-order chi connectivity index (χ1) is 13.8. The van der Waals surface area contributed by atoms with Crippen LogP contribution < -0.4 is 5.69 Å². The Morgan fingerprint density at radius 2 is 1.93 bits per heavy atom. The maximum atomic E-state index is 12.6. The number of sulfonamides is 1. The molecule has 0 N–H and O–H groups in total. The Bertz CT molecular complexity index is 1360. The van der Waals surface area contributed by atoms with Crippen molar-refractivity contribution in [2.45, 2.75) is 31.3 Å². The van der Waals surface area contributed by atoms with Gasteiger partial charge >= 0.3 is 5.69 Å². The van der Waals surface area contributed by atoms with Gasteiger partial charge in [0, 0.05) is 26.8 Å². The van der Waals surface area contributed by atoms with E-state index in [9.17, 15) is 13.2 Å². The van der Waals surface area contributed by atoms with Gasteiger partial charge in [-0.2, -0.15) is 0 Å². The summed E-state index contributed by atoms with van der Waals surface area (Å²) in [5.41, 5.74) is 1.73. The van der Waals surface area contributed by atoms with E-state index in [0.717, 1.165) is 11.9 Å². The van der Waals surface area contributed by atoms with E-state index in [0.29, 0.717) is 23.5 Å². The third kappa shape index (κ3) is 3.23. The molecular formula is C19H22N6O3S. The van der Waals surface area contributed by atoms with Crippen LogP contribution in [0.5, 0.6) is 0 Å². The zero-order chi connectivity index (χ0) is 20.8. The summed E-state index contributed by atoms with van der Waals surface area (Å²) in [5.74, 6) is 0.659. The Morgan fingerprint density at radius 3 is 2.62 bits per heavy atom. The SMILES string of the molecule is CCCn1c(Cn2nc3ccccn3c2=O)nc2cc(S(=O)(=O)N(C)C)ccc21. The van der Waals surface area contributed by atoms with Gasteiger partial charge in [0.25, 0.3) is 0 Å². The van der Waals surface area contributed by atoms with Gasteiger partial charge in [-0.15, -0.1) is 5.10 Å². The topological polar surface area (TPSA) is 94.5 Å². The molecule has 0 saturated carbocycles. The van der Waals surface area contributed by atoms with Crippen LogP contribution in [0.25, 0.3) is 16.7 Å². The maximum Gasteiger partial charge on any atom is 0.350 e. The van der Waals surface area contributed by atoms with E-state index in [2.05, 4.69) is 17.0 Å². The van der Waals surface area contributed by atoms with Gasteiger partial charge in [-0.3, -0.25) is 4.40 Å². The number of rotatable bonds is 6. The lowest BCUT2D eigenvalue weighted by molar-refractivity contribution is 0.521. The Hall–Kier alpha value is -2.98. The minimum Gasteiger partial charge on any atom is -0.326 e. The number of hydrogen-bond acceptors (Lipinski definition) is 5. The fourth-order valence-corrected chi connectivity index (χ4v) is 4.25. The first-order valence-corrected chi connectivity index (χ1v) is 10.7. The van der Waals surface area contributed by atoms with Crippen molar-refractivity contribution in [3.05, 3.63) is 58.9 Å². The molecule has 0 atom stereocenters. The lowest BCUT2D eigenvalue weighted by atomic mass is 10.3. The lowest BCUT2D eigenvalue weighted by Crippen LogP contribution is -2.23. The summed E-state index contributed by atoms with van der Waals surface area (Å²) in [6.07, 6.45) is 2.55. The van der Waals surface area contributed by atoms with Crippen molar-refractivity contribution < 1.29 is 8.42 Å². The summed E-state index contributed by atoms with van der Waals surface area (Å²) in [5, 5.41) is 4.37. The van der Waals surface area contributed by atoms with E-state index in [4.69, 9.17) is 0 Å². The first kappa shape index (κ1) is 19.3. The highest BCUT2D eigenvalue weighted by atomic mass is 32.2. The molecule has 152 valence electrons. The zero-order valence-corrected chi connectivity index (χ0v) is 17.3. The average Bonchev–Trinajstić information content (AvgIpc) is 3.20. The molecule has 4 aromatic rings. The molecule has 0 unspecified atom stereocenters. The van der Waals surface area contributed by atoms with Crippen molar-refractivity contribution in [2.75, 3.05) is 14.1 Å². The molecule has 0 aliphatic carbocycles. The Morgan fingerprint density at radius 1 is 1.14 bits per heavy atom. The lowest BCUT2D eigenvalue weighted by Gasteiger charge is -2.11. The van der Waals surface area contributed by atoms with Gasteiger partial charge in [0.2, 0.25) is 10.0 Å². The molecule has 3 aromatic heterocycles. The van der Waals surface area contributed by atoms with Gasteiger partial charge in [0.1, 0.15) is 12.4 Å². The minimum atomic E-state index is -3.55. The third-order valence-electron chi connectivity index (χ3n) is 4.80. The van der Waals surface area contributed by atoms with Crippen LogP contribution in [0.3, 0.4) is 0 Å². The molecule has 4 rings (SSSR count). The number of hydrogen-bond donors (Lipinski definition) is 0. The summed E-state index contributed by atoms with van der Waals surface area (Å²) in [6, 6.07) is 10.3. The van der Waals surface area contributed by atoms with Crippen LogP contribution in [0.1, 0.15) is 19.2 Å². The summed E-state index contributed by atoms with van der Waals surface area (Å²) >= 11 is 0. The van der Waals surface area contributed by atoms with Crippen molar-refractivity contribution in [3.63, 3.8) is 0 Å². The molecule has 1 aromatic carbocycles. The quantitative estimate of drug-likeness (QED) is 0.477. The Balaban J connectivity index is 1.83. The molecule has 0 aliphatic heterocycles. The molecule has 0 bridgehead atoms. The van der Waals surface area contributed by atoms with Crippen LogP contribution in [-0.4, -0.2) is 50.6 Å². The minimum absolute atomic E-state index is 0.188. The summed E-state index contributed by atoms with van der Waals surface area (Å²) < 4.78 is 31.0. The van der Waals surface area contributed by atoms with E-state index >= 15 is 0 Å². The van der Waals surface area contributed by atoms with Crippen molar-refractivity contribution in [1.29, 1.82) is 0 Å². The first-order valence-electron chi connectivity index (χ1n) is 9.29. The molecule has 0 amide bonds. The van der Waals surface area contributed by atoms with Crippen LogP contribution in [-0.2, 0) is 23.1 Å². The number of fused-ring (bicyclic) bond motifs is 2. The zero-order valence-electron chi connectivity index (χ0n) is 16.5. The number of imidazole rings is 1. The number of nitrogens with zero attached hydrogens (tertiary/aromatic N) is 6. The smallest absolute Gasteiger partial charge is 0.326 e. The highest BCUT2D eigenvalue weighted by Gasteiger charge is 2.20. The monoisotopic (exact) mass is 414 g/mol. The third-order valence-corrected chi connectivity index (χ3v) is 6.62. The number of pyridine rings is 1. The fraction of sp³-hybridized carbons (Fsp3) is 0.316. The highest BCUT2D eigenvalue weighted by molar-refractivity contribution is 7.89. The second-order valence-corrected chi connectivity index (χ2v) is 9.14. The van der Waals surface area contributed by atoms with E-state index in [1.807, 2.05) is 10.6 Å².